The monoisotopic (exact) mass is 278 g/mol. The van der Waals surface area contributed by atoms with E-state index in [9.17, 15) is 4.79 Å². The van der Waals surface area contributed by atoms with Crippen LogP contribution in [0.2, 0.25) is 5.02 Å². The van der Waals surface area contributed by atoms with Gasteiger partial charge >= 0.3 is 0 Å². The maximum Gasteiger partial charge on any atom is 0.187 e. The number of carbonyl (C=O) groups is 1. The Morgan fingerprint density at radius 1 is 1.47 bits per heavy atom. The fraction of sp³-hybridized carbons (Fsp3) is 0.385. The molecule has 0 atom stereocenters. The molecule has 5 nitrogen and oxygen atoms in total. The Bertz CT molecular complexity index is 621. The topological polar surface area (TPSA) is 60.7 Å². The lowest BCUT2D eigenvalue weighted by Crippen LogP contribution is -2.10. The molecule has 0 unspecified atom stereocenters. The quantitative estimate of drug-likeness (QED) is 0.804. The summed E-state index contributed by atoms with van der Waals surface area (Å²) in [5.41, 5.74) is 1.94. The predicted octanol–water partition coefficient (Wildman–Crippen LogP) is 2.16. The predicted molar refractivity (Wildman–Crippen MR) is 72.4 cm³/mol. The normalized spacial score (nSPS) is 10.7. The fourth-order valence-electron chi connectivity index (χ4n) is 1.87. The SMILES string of the molecule is CCc1nn(C)c(CC(=O)c2ccnc(C)n2)c1Cl. The molecule has 0 saturated carbocycles. The van der Waals surface area contributed by atoms with Crippen molar-refractivity contribution in [1.82, 2.24) is 19.7 Å². The minimum Gasteiger partial charge on any atom is -0.292 e. The second kappa shape index (κ2) is 5.48. The molecule has 0 N–H and O–H groups in total. The zero-order chi connectivity index (χ0) is 14.0. The first-order chi connectivity index (χ1) is 9.02. The Hall–Kier alpha value is -1.75. The molecule has 100 valence electrons. The maximum absolute atomic E-state index is 12.2. The van der Waals surface area contributed by atoms with Crippen molar-refractivity contribution in [2.75, 3.05) is 0 Å². The Labute approximate surface area is 116 Å². The molecule has 6 heteroatoms. The first-order valence-electron chi connectivity index (χ1n) is 6.06. The highest BCUT2D eigenvalue weighted by molar-refractivity contribution is 6.32. The summed E-state index contributed by atoms with van der Waals surface area (Å²) in [6, 6.07) is 1.61. The van der Waals surface area contributed by atoms with Gasteiger partial charge in [0, 0.05) is 13.2 Å². The molecule has 0 aliphatic carbocycles. The number of carbonyl (C=O) groups excluding carboxylic acids is 1. The van der Waals surface area contributed by atoms with Gasteiger partial charge in [-0.3, -0.25) is 9.48 Å². The van der Waals surface area contributed by atoms with E-state index in [4.69, 9.17) is 11.6 Å². The van der Waals surface area contributed by atoms with Gasteiger partial charge in [-0.15, -0.1) is 0 Å². The van der Waals surface area contributed by atoms with Crippen LogP contribution in [0.1, 0.15) is 34.6 Å². The van der Waals surface area contributed by atoms with Crippen molar-refractivity contribution in [3.63, 3.8) is 0 Å². The van der Waals surface area contributed by atoms with Crippen molar-refractivity contribution < 1.29 is 4.79 Å². The van der Waals surface area contributed by atoms with Crippen molar-refractivity contribution >= 4 is 17.4 Å². The van der Waals surface area contributed by atoms with Gasteiger partial charge in [0.25, 0.3) is 0 Å². The van der Waals surface area contributed by atoms with Crippen LogP contribution in [-0.2, 0) is 19.9 Å². The number of Topliss-reactive ketones (excluding diaryl/α,β-unsaturated/α-hetero) is 1. The molecule has 0 aliphatic heterocycles. The van der Waals surface area contributed by atoms with E-state index in [1.165, 1.54) is 0 Å². The van der Waals surface area contributed by atoms with Crippen molar-refractivity contribution in [3.8, 4) is 0 Å². The van der Waals surface area contributed by atoms with Gasteiger partial charge in [-0.25, -0.2) is 9.97 Å². The van der Waals surface area contributed by atoms with E-state index in [2.05, 4.69) is 15.1 Å². The molecule has 0 aliphatic rings. The maximum atomic E-state index is 12.2. The van der Waals surface area contributed by atoms with Crippen molar-refractivity contribution in [2.24, 2.45) is 7.05 Å². The molecule has 0 spiro atoms. The first kappa shape index (κ1) is 13.7. The van der Waals surface area contributed by atoms with Crippen LogP contribution in [0.4, 0.5) is 0 Å². The number of hydrogen-bond donors (Lipinski definition) is 0. The van der Waals surface area contributed by atoms with Crippen molar-refractivity contribution in [3.05, 3.63) is 40.2 Å². The molecule has 0 amide bonds. The van der Waals surface area contributed by atoms with Crippen LogP contribution in [0, 0.1) is 6.92 Å². The van der Waals surface area contributed by atoms with Crippen LogP contribution in [0.5, 0.6) is 0 Å². The van der Waals surface area contributed by atoms with Crippen LogP contribution in [0.15, 0.2) is 12.3 Å². The summed E-state index contributed by atoms with van der Waals surface area (Å²) in [5, 5.41) is 4.87. The van der Waals surface area contributed by atoms with Gasteiger partial charge in [-0.05, 0) is 19.4 Å². The summed E-state index contributed by atoms with van der Waals surface area (Å²) < 4.78 is 1.66. The van der Waals surface area contributed by atoms with Crippen LogP contribution in [0.25, 0.3) is 0 Å². The molecular weight excluding hydrogens is 264 g/mol. The van der Waals surface area contributed by atoms with Crippen LogP contribution >= 0.6 is 11.6 Å². The van der Waals surface area contributed by atoms with E-state index in [1.54, 1.807) is 30.9 Å². The standard InChI is InChI=1S/C13H15ClN4O/c1-4-9-13(14)11(18(3)17-9)7-12(19)10-5-6-15-8(2)16-10/h5-6H,4,7H2,1-3H3. The summed E-state index contributed by atoms with van der Waals surface area (Å²) >= 11 is 6.22. The second-order valence-electron chi connectivity index (χ2n) is 4.27. The summed E-state index contributed by atoms with van der Waals surface area (Å²) in [6.45, 7) is 3.73. The van der Waals surface area contributed by atoms with E-state index < -0.39 is 0 Å². The molecule has 2 aromatic rings. The van der Waals surface area contributed by atoms with E-state index >= 15 is 0 Å². The number of halogens is 1. The largest absolute Gasteiger partial charge is 0.292 e. The fourth-order valence-corrected chi connectivity index (χ4v) is 2.23. The van der Waals surface area contributed by atoms with Gasteiger partial charge in [0.05, 0.1) is 22.8 Å². The van der Waals surface area contributed by atoms with Crippen LogP contribution < -0.4 is 0 Å². The van der Waals surface area contributed by atoms with E-state index in [0.717, 1.165) is 17.8 Å². The van der Waals surface area contributed by atoms with Gasteiger partial charge in [0.1, 0.15) is 11.5 Å². The highest BCUT2D eigenvalue weighted by Crippen LogP contribution is 2.22. The van der Waals surface area contributed by atoms with Gasteiger partial charge in [-0.2, -0.15) is 5.10 Å². The number of nitrogens with zero attached hydrogens (tertiary/aromatic N) is 4. The van der Waals surface area contributed by atoms with Gasteiger partial charge in [0.2, 0.25) is 0 Å². The third-order valence-corrected chi connectivity index (χ3v) is 3.33. The molecule has 0 radical (unpaired) electrons. The smallest absolute Gasteiger partial charge is 0.187 e. The lowest BCUT2D eigenvalue weighted by atomic mass is 10.1. The molecule has 2 heterocycles. The number of rotatable bonds is 4. The van der Waals surface area contributed by atoms with E-state index in [0.29, 0.717) is 16.5 Å². The molecule has 2 rings (SSSR count). The average molecular weight is 279 g/mol. The Kier molecular flexibility index (Phi) is 3.95. The van der Waals surface area contributed by atoms with Gasteiger partial charge in [0.15, 0.2) is 5.78 Å². The van der Waals surface area contributed by atoms with E-state index in [-0.39, 0.29) is 12.2 Å². The average Bonchev–Trinajstić information content (AvgIpc) is 2.66. The molecule has 2 aromatic heterocycles. The van der Waals surface area contributed by atoms with Gasteiger partial charge < -0.3 is 0 Å². The second-order valence-corrected chi connectivity index (χ2v) is 4.65. The summed E-state index contributed by atoms with van der Waals surface area (Å²) in [5.74, 6) is 0.495. The van der Waals surface area contributed by atoms with Crippen molar-refractivity contribution in [1.29, 1.82) is 0 Å². The number of hydrogen-bond acceptors (Lipinski definition) is 4. The third kappa shape index (κ3) is 2.81. The highest BCUT2D eigenvalue weighted by Gasteiger charge is 2.17. The summed E-state index contributed by atoms with van der Waals surface area (Å²) in [6.07, 6.45) is 2.52. The highest BCUT2D eigenvalue weighted by atomic mass is 35.5. The zero-order valence-corrected chi connectivity index (χ0v) is 11.9. The lowest BCUT2D eigenvalue weighted by Gasteiger charge is -2.02. The molecule has 0 aromatic carbocycles. The third-order valence-electron chi connectivity index (χ3n) is 2.89. The van der Waals surface area contributed by atoms with Crippen LogP contribution in [-0.4, -0.2) is 25.5 Å². The number of aromatic nitrogens is 4. The molecule has 0 fully saturated rings. The first-order valence-corrected chi connectivity index (χ1v) is 6.43. The molecular formula is C13H15ClN4O. The Morgan fingerprint density at radius 3 is 2.79 bits per heavy atom. The number of ketones is 1. The zero-order valence-electron chi connectivity index (χ0n) is 11.1. The van der Waals surface area contributed by atoms with E-state index in [1.807, 2.05) is 6.92 Å². The number of aryl methyl sites for hydroxylation is 3. The minimum atomic E-state index is -0.0851. The Balaban J connectivity index is 2.27. The van der Waals surface area contributed by atoms with Crippen molar-refractivity contribution in [2.45, 2.75) is 26.7 Å². The summed E-state index contributed by atoms with van der Waals surface area (Å²) in [7, 11) is 1.79. The van der Waals surface area contributed by atoms with Crippen LogP contribution in [0.3, 0.4) is 0 Å². The molecule has 0 saturated heterocycles. The Morgan fingerprint density at radius 2 is 2.21 bits per heavy atom. The molecule has 19 heavy (non-hydrogen) atoms. The van der Waals surface area contributed by atoms with Gasteiger partial charge in [-0.1, -0.05) is 18.5 Å². The lowest BCUT2D eigenvalue weighted by molar-refractivity contribution is 0.0985. The molecule has 0 bridgehead atoms. The summed E-state index contributed by atoms with van der Waals surface area (Å²) in [4.78, 5) is 20.3. The minimum absolute atomic E-state index is 0.0851.